The van der Waals surface area contributed by atoms with Gasteiger partial charge in [0.1, 0.15) is 5.55 Å². The van der Waals surface area contributed by atoms with Gasteiger partial charge in [-0.2, -0.15) is 0 Å². The molecule has 1 aliphatic rings. The molecule has 0 bridgehead atoms. The molecule has 0 saturated carbocycles. The first-order valence-corrected chi connectivity index (χ1v) is 5.20. The minimum Gasteiger partial charge on any atom is -0.129 e. The van der Waals surface area contributed by atoms with Gasteiger partial charge in [0.15, 0.2) is 0 Å². The molecule has 0 aliphatic carbocycles. The molecule has 0 N–H and O–H groups in total. The first kappa shape index (κ1) is 5.46. The van der Waals surface area contributed by atoms with Crippen LogP contribution in [0.4, 0.5) is 0 Å². The Morgan fingerprint density at radius 2 is 2.14 bits per heavy atom. The predicted octanol–water partition coefficient (Wildman–Crippen LogP) is 1.80. The third-order valence-corrected chi connectivity index (χ3v) is 2.09. The minimum atomic E-state index is -1.49. The molecule has 0 aromatic carbocycles. The molecule has 1 rings (SSSR count). The molecule has 0 unspecified atom stereocenters. The maximum atomic E-state index is 3.99. The van der Waals surface area contributed by atoms with Crippen LogP contribution in [0.25, 0.3) is 0 Å². The molecule has 0 radical (unpaired) electrons. The molecule has 0 saturated heterocycles. The number of hydrogen-bond acceptors (Lipinski definition) is 5. The quantitative estimate of drug-likeness (QED) is 0.393. The first-order chi connectivity index (χ1) is 3.21. The van der Waals surface area contributed by atoms with E-state index in [0.29, 0.717) is 0 Å². The van der Waals surface area contributed by atoms with Gasteiger partial charge in [-0.05, 0) is 5.22 Å². The first-order valence-electron chi connectivity index (χ1n) is 1.44. The van der Waals surface area contributed by atoms with E-state index in [4.69, 9.17) is 0 Å². The number of hydrogen-bond donors (Lipinski definition) is 2. The summed E-state index contributed by atoms with van der Waals surface area (Å²) in [5, 5.41) is 6.77. The SMILES string of the molecule is SS1(S)C=NN=N1. The third-order valence-electron chi connectivity index (χ3n) is 0.397. The van der Waals surface area contributed by atoms with Crippen LogP contribution in [-0.4, -0.2) is 5.55 Å². The van der Waals surface area contributed by atoms with Gasteiger partial charge in [0, 0.05) is 8.28 Å². The third kappa shape index (κ3) is 1.36. The topological polar surface area (TPSA) is 37.1 Å². The standard InChI is InChI=1S/CH3N3S3/c5-7(6)1-2-3-4-7/h1,5-6H. The van der Waals surface area contributed by atoms with Crippen LogP contribution < -0.4 is 0 Å². The van der Waals surface area contributed by atoms with Gasteiger partial charge in [0.25, 0.3) is 0 Å². The van der Waals surface area contributed by atoms with Crippen LogP contribution in [0, 0.1) is 0 Å². The maximum absolute atomic E-state index is 3.99. The van der Waals surface area contributed by atoms with Crippen molar-refractivity contribution in [3.05, 3.63) is 0 Å². The van der Waals surface area contributed by atoms with E-state index >= 15 is 0 Å². The molecule has 1 aliphatic heterocycles. The van der Waals surface area contributed by atoms with E-state index in [1.807, 2.05) is 0 Å². The maximum Gasteiger partial charge on any atom is 0.106 e. The normalized spacial score (nSPS) is 28.3. The van der Waals surface area contributed by atoms with Crippen LogP contribution >= 0.6 is 31.6 Å². The molecule has 0 amide bonds. The fraction of sp³-hybridized carbons (Fsp3) is 0. The van der Waals surface area contributed by atoms with Gasteiger partial charge in [-0.1, -0.05) is 27.8 Å². The summed E-state index contributed by atoms with van der Waals surface area (Å²) in [5.74, 6) is 0. The molecular weight excluding hydrogens is 150 g/mol. The molecule has 40 valence electrons. The number of rotatable bonds is 0. The highest BCUT2D eigenvalue weighted by molar-refractivity contribution is 9.22. The van der Waals surface area contributed by atoms with Crippen molar-refractivity contribution >= 4 is 37.1 Å². The zero-order valence-corrected chi connectivity index (χ0v) is 5.83. The van der Waals surface area contributed by atoms with Gasteiger partial charge >= 0.3 is 0 Å². The Kier molecular flexibility index (Phi) is 1.31. The molecule has 0 spiro atoms. The lowest BCUT2D eigenvalue weighted by Gasteiger charge is -2.06. The predicted molar refractivity (Wildman–Crippen MR) is 38.9 cm³/mol. The average Bonchev–Trinajstić information content (AvgIpc) is 1.84. The summed E-state index contributed by atoms with van der Waals surface area (Å²) in [6, 6.07) is 0. The van der Waals surface area contributed by atoms with Crippen LogP contribution in [0.2, 0.25) is 0 Å². The highest BCUT2D eigenvalue weighted by Crippen LogP contribution is 2.58. The van der Waals surface area contributed by atoms with Gasteiger partial charge in [-0.15, -0.1) is 5.10 Å². The smallest absolute Gasteiger partial charge is 0.106 e. The summed E-state index contributed by atoms with van der Waals surface area (Å²) in [4.78, 5) is 0. The van der Waals surface area contributed by atoms with Crippen molar-refractivity contribution < 1.29 is 0 Å². The number of nitrogens with zero attached hydrogens (tertiary/aromatic N) is 3. The Bertz CT molecular complexity index is 112. The lowest BCUT2D eigenvalue weighted by atomic mass is 11.7. The second kappa shape index (κ2) is 1.68. The Hall–Kier alpha value is 0.320. The van der Waals surface area contributed by atoms with Gasteiger partial charge in [-0.25, -0.2) is 0 Å². The summed E-state index contributed by atoms with van der Waals surface area (Å²) < 4.78 is 3.58. The second-order valence-corrected chi connectivity index (χ2v) is 6.65. The Labute approximate surface area is 52.4 Å². The molecule has 6 heteroatoms. The van der Waals surface area contributed by atoms with Crippen LogP contribution in [0.3, 0.4) is 0 Å². The molecule has 0 aromatic rings. The van der Waals surface area contributed by atoms with Crippen molar-refractivity contribution in [1.29, 1.82) is 0 Å². The highest BCUT2D eigenvalue weighted by atomic mass is 33.5. The van der Waals surface area contributed by atoms with E-state index in [-0.39, 0.29) is 0 Å². The molecule has 3 nitrogen and oxygen atoms in total. The lowest BCUT2D eigenvalue weighted by Crippen LogP contribution is -1.66. The van der Waals surface area contributed by atoms with Crippen LogP contribution in [0.15, 0.2) is 14.8 Å². The highest BCUT2D eigenvalue weighted by Gasteiger charge is 2.11. The number of thiol groups is 2. The second-order valence-electron chi connectivity index (χ2n) is 0.953. The minimum absolute atomic E-state index is 1.49. The summed E-state index contributed by atoms with van der Waals surface area (Å²) in [6.07, 6.45) is 0. The fourth-order valence-electron chi connectivity index (χ4n) is 0.180. The van der Waals surface area contributed by atoms with E-state index in [9.17, 15) is 0 Å². The van der Waals surface area contributed by atoms with E-state index in [1.54, 1.807) is 0 Å². The van der Waals surface area contributed by atoms with Crippen LogP contribution in [0.1, 0.15) is 0 Å². The summed E-state index contributed by atoms with van der Waals surface area (Å²) in [7, 11) is -1.49. The average molecular weight is 153 g/mol. The van der Waals surface area contributed by atoms with Crippen molar-refractivity contribution in [3.8, 4) is 0 Å². The molecule has 1 heterocycles. The summed E-state index contributed by atoms with van der Waals surface area (Å²) in [6.45, 7) is 0. The zero-order chi connectivity index (χ0) is 5.33. The molecular formula is CH3N3S3. The Morgan fingerprint density at radius 3 is 2.29 bits per heavy atom. The molecule has 7 heavy (non-hydrogen) atoms. The summed E-state index contributed by atoms with van der Waals surface area (Å²) in [5.41, 5.74) is 1.53. The lowest BCUT2D eigenvalue weighted by molar-refractivity contribution is 1.14. The Balaban J connectivity index is 2.77. The van der Waals surface area contributed by atoms with Crippen LogP contribution in [0.5, 0.6) is 0 Å². The van der Waals surface area contributed by atoms with E-state index in [1.165, 1.54) is 5.55 Å². The molecule has 0 aromatic heterocycles. The van der Waals surface area contributed by atoms with E-state index < -0.39 is 8.28 Å². The molecule has 0 atom stereocenters. The van der Waals surface area contributed by atoms with Crippen LogP contribution in [-0.2, 0) is 0 Å². The van der Waals surface area contributed by atoms with E-state index in [0.717, 1.165) is 0 Å². The van der Waals surface area contributed by atoms with Crippen molar-refractivity contribution in [3.63, 3.8) is 0 Å². The summed E-state index contributed by atoms with van der Waals surface area (Å²) >= 11 is 7.97. The van der Waals surface area contributed by atoms with Crippen molar-refractivity contribution in [2.45, 2.75) is 0 Å². The Morgan fingerprint density at radius 1 is 1.43 bits per heavy atom. The fourth-order valence-corrected chi connectivity index (χ4v) is 0.990. The van der Waals surface area contributed by atoms with Crippen molar-refractivity contribution in [2.75, 3.05) is 0 Å². The van der Waals surface area contributed by atoms with Crippen molar-refractivity contribution in [2.24, 2.45) is 14.8 Å². The van der Waals surface area contributed by atoms with E-state index in [2.05, 4.69) is 38.2 Å². The van der Waals surface area contributed by atoms with Crippen molar-refractivity contribution in [1.82, 2.24) is 0 Å². The zero-order valence-electron chi connectivity index (χ0n) is 3.22. The molecule has 0 fully saturated rings. The van der Waals surface area contributed by atoms with Gasteiger partial charge in [0.05, 0.1) is 0 Å². The van der Waals surface area contributed by atoms with Gasteiger partial charge in [-0.3, -0.25) is 0 Å². The monoisotopic (exact) mass is 153 g/mol. The van der Waals surface area contributed by atoms with Gasteiger partial charge < -0.3 is 0 Å². The largest absolute Gasteiger partial charge is 0.129 e. The van der Waals surface area contributed by atoms with Gasteiger partial charge in [0.2, 0.25) is 0 Å².